The maximum atomic E-state index is 13.0. The standard InChI is InChI=1S/C79H139N5O34/c1-94-21-5-8-72(86)71(82-75(89)16-24-97-28-32-101-36-40-105-44-48-109-52-56-113-60-64-117-67-66-115-62-58-111-54-50-107-46-42-103-38-34-99-30-26-95-22-4-6-70(85)13-19-83-76(90)9-10-77(83)91)7-2-3-17-80-74(88)15-23-96-27-31-100-35-39-104-43-47-108-51-55-112-59-63-116-68-69-118-65-61-114-57-53-110-49-45-106-41-37-102-33-29-98-25-18-81-73(87)14-20-84-78(92)11-12-79(84)93/h9-12,71H,2-8,13-69H2,1H3,(H,80,88)(H,81,87)(H,82,89)/t71-/m0/s1. The van der Waals surface area contributed by atoms with Gasteiger partial charge in [0.05, 0.1) is 317 Å². The van der Waals surface area contributed by atoms with Crippen LogP contribution < -0.4 is 16.0 Å². The normalized spacial score (nSPS) is 13.0. The first-order chi connectivity index (χ1) is 58.0. The molecule has 0 saturated heterocycles. The molecule has 1 atom stereocenters. The van der Waals surface area contributed by atoms with Crippen molar-refractivity contribution in [2.24, 2.45) is 0 Å². The van der Waals surface area contributed by atoms with Crippen LogP contribution in [0.5, 0.6) is 0 Å². The van der Waals surface area contributed by atoms with E-state index in [2.05, 4.69) is 16.0 Å². The first-order valence-corrected chi connectivity index (χ1v) is 41.3. The Balaban J connectivity index is 1.22. The van der Waals surface area contributed by atoms with Crippen LogP contribution in [0.15, 0.2) is 24.3 Å². The van der Waals surface area contributed by atoms with E-state index in [1.165, 1.54) is 24.3 Å². The smallest absolute Gasteiger partial charge is 0.253 e. The molecule has 0 saturated carbocycles. The van der Waals surface area contributed by atoms with Crippen LogP contribution in [0.25, 0.3) is 0 Å². The van der Waals surface area contributed by atoms with Crippen molar-refractivity contribution in [1.29, 1.82) is 0 Å². The van der Waals surface area contributed by atoms with E-state index in [0.717, 1.165) is 9.80 Å². The fourth-order valence-electron chi connectivity index (χ4n) is 9.91. The van der Waals surface area contributed by atoms with Gasteiger partial charge in [0.15, 0.2) is 5.78 Å². The Morgan fingerprint density at radius 2 is 0.500 bits per heavy atom. The number of ether oxygens (including phenoxy) is 25. The molecule has 684 valence electrons. The summed E-state index contributed by atoms with van der Waals surface area (Å²) in [5.41, 5.74) is 0. The number of carbonyl (C=O) groups excluding carboxylic acids is 9. The van der Waals surface area contributed by atoms with E-state index in [0.29, 0.717) is 362 Å². The Hall–Kier alpha value is -5.49. The highest BCUT2D eigenvalue weighted by atomic mass is 16.6. The second-order valence-corrected chi connectivity index (χ2v) is 25.5. The van der Waals surface area contributed by atoms with E-state index in [4.69, 9.17) is 118 Å². The molecule has 118 heavy (non-hydrogen) atoms. The predicted molar refractivity (Wildman–Crippen MR) is 422 cm³/mol. The molecule has 2 aliphatic heterocycles. The Morgan fingerprint density at radius 3 is 0.805 bits per heavy atom. The van der Waals surface area contributed by atoms with Crippen molar-refractivity contribution >= 4 is 52.9 Å². The van der Waals surface area contributed by atoms with Gasteiger partial charge in [0.25, 0.3) is 23.6 Å². The molecule has 2 heterocycles. The Morgan fingerprint density at radius 1 is 0.254 bits per heavy atom. The number of amides is 7. The van der Waals surface area contributed by atoms with Gasteiger partial charge in [0.1, 0.15) is 5.78 Å². The van der Waals surface area contributed by atoms with Gasteiger partial charge in [-0.15, -0.1) is 0 Å². The summed E-state index contributed by atoms with van der Waals surface area (Å²) >= 11 is 0. The van der Waals surface area contributed by atoms with Crippen LogP contribution in [-0.4, -0.2) is 426 Å². The highest BCUT2D eigenvalue weighted by Gasteiger charge is 2.25. The number of methoxy groups -OCH3 is 1. The summed E-state index contributed by atoms with van der Waals surface area (Å²) in [5, 5.41) is 8.43. The third-order valence-electron chi connectivity index (χ3n) is 16.2. The molecule has 0 spiro atoms. The average molecular weight is 1700 g/mol. The fraction of sp³-hybridized carbons (Fsp3) is 0.835. The molecule has 0 aromatic carbocycles. The van der Waals surface area contributed by atoms with Gasteiger partial charge in [-0.05, 0) is 32.1 Å². The maximum Gasteiger partial charge on any atom is 0.253 e. The molecule has 2 rings (SSSR count). The zero-order valence-electron chi connectivity index (χ0n) is 69.9. The molecule has 0 unspecified atom stereocenters. The molecule has 39 nitrogen and oxygen atoms in total. The first kappa shape index (κ1) is 109. The van der Waals surface area contributed by atoms with E-state index in [1.807, 2.05) is 0 Å². The number of imide groups is 2. The molecule has 0 bridgehead atoms. The SMILES string of the molecule is COCCCC(=O)[C@H](CCCCNC(=O)CCOCCOCCOCCOCCOCCOCCOCCOCCOCCOCCOCCOCCNC(=O)CCN1C(=O)C=CC1=O)NC(=O)CCOCCOCCOCCOCCOCCOCCOCCOCCOCCOCCOCCOCCCC(=O)CCN1C(=O)C=CC1=O. The summed E-state index contributed by atoms with van der Waals surface area (Å²) in [4.78, 5) is 110. The van der Waals surface area contributed by atoms with E-state index in [9.17, 15) is 43.2 Å². The van der Waals surface area contributed by atoms with Crippen molar-refractivity contribution in [3.8, 4) is 0 Å². The van der Waals surface area contributed by atoms with Crippen LogP contribution in [0.2, 0.25) is 0 Å². The molecule has 7 amide bonds. The molecule has 39 heteroatoms. The lowest BCUT2D eigenvalue weighted by Gasteiger charge is -2.18. The summed E-state index contributed by atoms with van der Waals surface area (Å²) in [6.45, 7) is 20.9. The van der Waals surface area contributed by atoms with E-state index in [1.54, 1.807) is 7.11 Å². The highest BCUT2D eigenvalue weighted by molar-refractivity contribution is 6.13. The number of Topliss-reactive ketones (excluding diaryl/α,β-unsaturated/α-hetero) is 2. The van der Waals surface area contributed by atoms with Crippen LogP contribution >= 0.6 is 0 Å². The Kier molecular flexibility index (Phi) is 78.3. The zero-order valence-corrected chi connectivity index (χ0v) is 69.9. The Bertz CT molecular complexity index is 2480. The first-order valence-electron chi connectivity index (χ1n) is 41.3. The highest BCUT2D eigenvalue weighted by Crippen LogP contribution is 2.10. The number of hydrogen-bond acceptors (Lipinski definition) is 34. The third kappa shape index (κ3) is 72.2. The van der Waals surface area contributed by atoms with Crippen LogP contribution in [0.1, 0.15) is 70.6 Å². The molecule has 0 aliphatic carbocycles. The number of nitrogens with one attached hydrogen (secondary N) is 3. The van der Waals surface area contributed by atoms with Crippen LogP contribution in [0, 0.1) is 0 Å². The van der Waals surface area contributed by atoms with Gasteiger partial charge in [0, 0.05) is 109 Å². The monoisotopic (exact) mass is 1700 g/mol. The van der Waals surface area contributed by atoms with Gasteiger partial charge < -0.3 is 134 Å². The zero-order chi connectivity index (χ0) is 84.8. The second kappa shape index (κ2) is 85.1. The van der Waals surface area contributed by atoms with Crippen LogP contribution in [0.3, 0.4) is 0 Å². The van der Waals surface area contributed by atoms with Crippen molar-refractivity contribution in [1.82, 2.24) is 25.8 Å². The Labute approximate surface area is 695 Å². The van der Waals surface area contributed by atoms with E-state index >= 15 is 0 Å². The predicted octanol–water partition coefficient (Wildman–Crippen LogP) is 0.0277. The summed E-state index contributed by atoms with van der Waals surface area (Å²) in [6.07, 6.45) is 8.67. The lowest BCUT2D eigenvalue weighted by molar-refractivity contribution is -0.139. The minimum absolute atomic E-state index is 0.0176. The summed E-state index contributed by atoms with van der Waals surface area (Å²) < 4.78 is 138. The van der Waals surface area contributed by atoms with Gasteiger partial charge in [-0.25, -0.2) is 0 Å². The number of unbranched alkanes of at least 4 members (excludes halogenated alkanes) is 1. The van der Waals surface area contributed by atoms with E-state index < -0.39 is 17.9 Å². The second-order valence-electron chi connectivity index (χ2n) is 25.5. The number of ketones is 2. The van der Waals surface area contributed by atoms with Gasteiger partial charge >= 0.3 is 0 Å². The number of nitrogens with zero attached hydrogens (tertiary/aromatic N) is 2. The quantitative estimate of drug-likeness (QED) is 0.0534. The summed E-state index contributed by atoms with van der Waals surface area (Å²) in [7, 11) is 1.57. The molecule has 2 aliphatic rings. The number of carbonyl (C=O) groups is 9. The minimum atomic E-state index is -0.646. The molecule has 0 radical (unpaired) electrons. The topological polar surface area (TPSA) is 427 Å². The van der Waals surface area contributed by atoms with Crippen LogP contribution in [-0.2, 0) is 162 Å². The lowest BCUT2D eigenvalue weighted by atomic mass is 10.0. The lowest BCUT2D eigenvalue weighted by Crippen LogP contribution is -2.41. The third-order valence-corrected chi connectivity index (χ3v) is 16.2. The fourth-order valence-corrected chi connectivity index (χ4v) is 9.91. The molecular weight excluding hydrogens is 1560 g/mol. The van der Waals surface area contributed by atoms with E-state index in [-0.39, 0.29) is 99.5 Å². The average Bonchev–Trinajstić information content (AvgIpc) is 1.74. The van der Waals surface area contributed by atoms with Gasteiger partial charge in [-0.3, -0.25) is 53.0 Å². The van der Waals surface area contributed by atoms with Gasteiger partial charge in [-0.2, -0.15) is 0 Å². The molecule has 0 fully saturated rings. The van der Waals surface area contributed by atoms with Crippen molar-refractivity contribution < 1.29 is 162 Å². The van der Waals surface area contributed by atoms with Crippen molar-refractivity contribution in [3.63, 3.8) is 0 Å². The van der Waals surface area contributed by atoms with Crippen molar-refractivity contribution in [3.05, 3.63) is 24.3 Å². The molecule has 0 aromatic heterocycles. The van der Waals surface area contributed by atoms with Gasteiger partial charge in [-0.1, -0.05) is 0 Å². The maximum absolute atomic E-state index is 13.0. The largest absolute Gasteiger partial charge is 0.385 e. The van der Waals surface area contributed by atoms with Crippen molar-refractivity contribution in [2.75, 3.05) is 357 Å². The summed E-state index contributed by atoms with van der Waals surface area (Å²) in [6, 6.07) is -0.646. The summed E-state index contributed by atoms with van der Waals surface area (Å²) in [5.74, 6) is -2.36. The minimum Gasteiger partial charge on any atom is -0.385 e. The number of hydrogen-bond donors (Lipinski definition) is 3. The van der Waals surface area contributed by atoms with Gasteiger partial charge in [0.2, 0.25) is 17.7 Å². The molecule has 0 aromatic rings. The van der Waals surface area contributed by atoms with Crippen LogP contribution in [0.4, 0.5) is 0 Å². The van der Waals surface area contributed by atoms with Crippen molar-refractivity contribution in [2.45, 2.75) is 76.7 Å². The molecule has 3 N–H and O–H groups in total. The molecular formula is C79H139N5O34. The number of rotatable bonds is 96.